The van der Waals surface area contributed by atoms with Gasteiger partial charge in [0.1, 0.15) is 0 Å². The molecule has 0 fully saturated rings. The number of thiophene rings is 1. The van der Waals surface area contributed by atoms with Crippen molar-refractivity contribution < 1.29 is 4.79 Å². The summed E-state index contributed by atoms with van der Waals surface area (Å²) in [5.74, 6) is 6.08. The number of hydrogen-bond donors (Lipinski definition) is 2. The van der Waals surface area contributed by atoms with E-state index in [1.54, 1.807) is 11.3 Å². The van der Waals surface area contributed by atoms with E-state index in [9.17, 15) is 4.79 Å². The zero-order chi connectivity index (χ0) is 13.4. The van der Waals surface area contributed by atoms with E-state index in [0.29, 0.717) is 13.1 Å². The lowest BCUT2D eigenvalue weighted by molar-refractivity contribution is -0.125. The zero-order valence-corrected chi connectivity index (χ0v) is 11.8. The number of carbonyl (C=O) groups excluding carboxylic acids is 1. The fourth-order valence-electron chi connectivity index (χ4n) is 1.66. The van der Waals surface area contributed by atoms with Crippen molar-refractivity contribution in [3.05, 3.63) is 21.9 Å². The van der Waals surface area contributed by atoms with Crippen molar-refractivity contribution >= 4 is 17.2 Å². The van der Waals surface area contributed by atoms with Crippen molar-refractivity contribution in [2.24, 2.45) is 11.7 Å². The summed E-state index contributed by atoms with van der Waals surface area (Å²) in [7, 11) is 0. The Hall–Kier alpha value is -1.31. The van der Waals surface area contributed by atoms with E-state index in [4.69, 9.17) is 5.73 Å². The third-order valence-corrected chi connectivity index (χ3v) is 3.77. The van der Waals surface area contributed by atoms with E-state index in [1.165, 1.54) is 0 Å². The summed E-state index contributed by atoms with van der Waals surface area (Å²) < 4.78 is 0. The van der Waals surface area contributed by atoms with Crippen molar-refractivity contribution in [2.75, 3.05) is 6.54 Å². The van der Waals surface area contributed by atoms with Crippen LogP contribution in [0.5, 0.6) is 0 Å². The van der Waals surface area contributed by atoms with Crippen LogP contribution in [-0.4, -0.2) is 12.5 Å². The van der Waals surface area contributed by atoms with Crippen molar-refractivity contribution in [1.82, 2.24) is 5.32 Å². The highest BCUT2D eigenvalue weighted by molar-refractivity contribution is 7.12. The van der Waals surface area contributed by atoms with Gasteiger partial charge >= 0.3 is 0 Å². The van der Waals surface area contributed by atoms with Gasteiger partial charge in [-0.1, -0.05) is 25.7 Å². The van der Waals surface area contributed by atoms with E-state index >= 15 is 0 Å². The molecule has 0 saturated carbocycles. The lowest BCUT2D eigenvalue weighted by Crippen LogP contribution is -2.29. The standard InChI is InChI=1S/C14H20N2OS/c1-3-11(4-2)14(17)16-10-13-8-7-12(18-13)6-5-9-15/h7-8,11H,3-4,9-10,15H2,1-2H3,(H,16,17). The maximum absolute atomic E-state index is 11.8. The molecular formula is C14H20N2OS. The molecule has 98 valence electrons. The van der Waals surface area contributed by atoms with Crippen LogP contribution in [0.25, 0.3) is 0 Å². The molecule has 0 aliphatic heterocycles. The van der Waals surface area contributed by atoms with Crippen LogP contribution in [0, 0.1) is 17.8 Å². The second-order valence-corrected chi connectivity index (χ2v) is 5.17. The molecule has 1 heterocycles. The maximum atomic E-state index is 11.8. The van der Waals surface area contributed by atoms with Crippen molar-refractivity contribution in [2.45, 2.75) is 33.2 Å². The molecule has 0 saturated heterocycles. The summed E-state index contributed by atoms with van der Waals surface area (Å²) >= 11 is 1.60. The van der Waals surface area contributed by atoms with Crippen LogP contribution in [-0.2, 0) is 11.3 Å². The predicted octanol–water partition coefficient (Wildman–Crippen LogP) is 2.11. The van der Waals surface area contributed by atoms with E-state index in [1.807, 2.05) is 26.0 Å². The van der Waals surface area contributed by atoms with Crippen LogP contribution in [0.3, 0.4) is 0 Å². The van der Waals surface area contributed by atoms with Crippen LogP contribution < -0.4 is 11.1 Å². The smallest absolute Gasteiger partial charge is 0.223 e. The topological polar surface area (TPSA) is 55.1 Å². The van der Waals surface area contributed by atoms with Gasteiger partial charge in [0.2, 0.25) is 5.91 Å². The van der Waals surface area contributed by atoms with Gasteiger partial charge in [-0.25, -0.2) is 0 Å². The fraction of sp³-hybridized carbons (Fsp3) is 0.500. The average molecular weight is 264 g/mol. The van der Waals surface area contributed by atoms with Gasteiger partial charge in [-0.15, -0.1) is 11.3 Å². The number of amides is 1. The van der Waals surface area contributed by atoms with Crippen LogP contribution in [0.15, 0.2) is 12.1 Å². The monoisotopic (exact) mass is 264 g/mol. The van der Waals surface area contributed by atoms with Gasteiger partial charge in [-0.05, 0) is 25.0 Å². The Balaban J connectivity index is 2.48. The molecule has 1 aromatic heterocycles. The first-order valence-electron chi connectivity index (χ1n) is 6.26. The quantitative estimate of drug-likeness (QED) is 0.800. The third kappa shape index (κ3) is 4.52. The number of nitrogens with one attached hydrogen (secondary N) is 1. The molecule has 4 heteroatoms. The Kier molecular flexibility index (Phi) is 6.48. The van der Waals surface area contributed by atoms with Crippen molar-refractivity contribution in [3.63, 3.8) is 0 Å². The minimum Gasteiger partial charge on any atom is -0.351 e. The molecule has 0 bridgehead atoms. The van der Waals surface area contributed by atoms with Gasteiger partial charge in [0.05, 0.1) is 18.0 Å². The molecule has 0 aliphatic rings. The largest absolute Gasteiger partial charge is 0.351 e. The minimum atomic E-state index is 0.126. The SMILES string of the molecule is CCC(CC)C(=O)NCc1ccc(C#CCN)s1. The highest BCUT2D eigenvalue weighted by Gasteiger charge is 2.13. The van der Waals surface area contributed by atoms with Gasteiger partial charge in [-0.3, -0.25) is 4.79 Å². The molecule has 0 spiro atoms. The van der Waals surface area contributed by atoms with Gasteiger partial charge in [0.15, 0.2) is 0 Å². The Morgan fingerprint density at radius 1 is 1.44 bits per heavy atom. The predicted molar refractivity (Wildman–Crippen MR) is 76.2 cm³/mol. The number of nitrogens with two attached hydrogens (primary N) is 1. The number of hydrogen-bond acceptors (Lipinski definition) is 3. The van der Waals surface area contributed by atoms with Crippen molar-refractivity contribution in [3.8, 4) is 11.8 Å². The lowest BCUT2D eigenvalue weighted by atomic mass is 10.0. The molecule has 1 rings (SSSR count). The molecule has 0 radical (unpaired) electrons. The first kappa shape index (κ1) is 14.7. The van der Waals surface area contributed by atoms with Gasteiger partial charge in [0.25, 0.3) is 0 Å². The van der Waals surface area contributed by atoms with E-state index < -0.39 is 0 Å². The molecule has 1 aromatic rings. The molecule has 3 N–H and O–H groups in total. The summed E-state index contributed by atoms with van der Waals surface area (Å²) in [6, 6.07) is 3.96. The van der Waals surface area contributed by atoms with Gasteiger partial charge < -0.3 is 11.1 Å². The first-order chi connectivity index (χ1) is 8.71. The molecule has 0 unspecified atom stereocenters. The average Bonchev–Trinajstić information content (AvgIpc) is 2.83. The van der Waals surface area contributed by atoms with Crippen LogP contribution >= 0.6 is 11.3 Å². The number of carbonyl (C=O) groups is 1. The molecule has 0 aliphatic carbocycles. The number of rotatable bonds is 5. The fourth-order valence-corrected chi connectivity index (χ4v) is 2.48. The molecule has 0 aromatic carbocycles. The molecular weight excluding hydrogens is 244 g/mol. The van der Waals surface area contributed by atoms with Gasteiger partial charge in [-0.2, -0.15) is 0 Å². The summed E-state index contributed by atoms with van der Waals surface area (Å²) in [6.45, 7) is 5.04. The van der Waals surface area contributed by atoms with Crippen LogP contribution in [0.1, 0.15) is 36.4 Å². The summed E-state index contributed by atoms with van der Waals surface area (Å²) in [6.07, 6.45) is 1.78. The van der Waals surface area contributed by atoms with Gasteiger partial charge in [0, 0.05) is 10.8 Å². The second kappa shape index (κ2) is 7.91. The minimum absolute atomic E-state index is 0.126. The highest BCUT2D eigenvalue weighted by atomic mass is 32.1. The molecule has 1 amide bonds. The molecule has 18 heavy (non-hydrogen) atoms. The molecule has 0 atom stereocenters. The Morgan fingerprint density at radius 3 is 2.78 bits per heavy atom. The van der Waals surface area contributed by atoms with E-state index in [0.717, 1.165) is 22.6 Å². The Morgan fingerprint density at radius 2 is 2.17 bits per heavy atom. The molecule has 3 nitrogen and oxygen atoms in total. The van der Waals surface area contributed by atoms with Crippen LogP contribution in [0.2, 0.25) is 0 Å². The zero-order valence-electron chi connectivity index (χ0n) is 11.0. The first-order valence-corrected chi connectivity index (χ1v) is 7.08. The Bertz CT molecular complexity index is 438. The van der Waals surface area contributed by atoms with E-state index in [2.05, 4.69) is 17.2 Å². The summed E-state index contributed by atoms with van der Waals surface area (Å²) in [5.41, 5.74) is 5.32. The van der Waals surface area contributed by atoms with E-state index in [-0.39, 0.29) is 11.8 Å². The summed E-state index contributed by atoms with van der Waals surface area (Å²) in [5, 5.41) is 2.97. The maximum Gasteiger partial charge on any atom is 0.223 e. The third-order valence-electron chi connectivity index (χ3n) is 2.77. The normalized spacial score (nSPS) is 10.0. The Labute approximate surface area is 113 Å². The lowest BCUT2D eigenvalue weighted by Gasteiger charge is -2.11. The van der Waals surface area contributed by atoms with Crippen molar-refractivity contribution in [1.29, 1.82) is 0 Å². The van der Waals surface area contributed by atoms with Crippen LogP contribution in [0.4, 0.5) is 0 Å². The highest BCUT2D eigenvalue weighted by Crippen LogP contribution is 2.15. The second-order valence-electron chi connectivity index (χ2n) is 4.00. The summed E-state index contributed by atoms with van der Waals surface area (Å²) in [4.78, 5) is 13.9.